The monoisotopic (exact) mass is 332 g/mol. The Labute approximate surface area is 127 Å². The highest BCUT2D eigenvalue weighted by Crippen LogP contribution is 2.13. The third-order valence-corrected chi connectivity index (χ3v) is 3.72. The van der Waals surface area contributed by atoms with Gasteiger partial charge in [-0.3, -0.25) is 4.79 Å². The standard InChI is InChI=1S/C16H17BrN2O/c1-12(9-10-13-6-3-2-4-7-13)19-16(20)14-8-5-11-18-15(14)17/h2-8,11-12H,9-10H2,1H3,(H,19,20). The Bertz CT molecular complexity index is 572. The van der Waals surface area contributed by atoms with Gasteiger partial charge in [0.05, 0.1) is 5.56 Å². The minimum Gasteiger partial charge on any atom is -0.349 e. The molecule has 2 aromatic rings. The molecule has 1 aromatic carbocycles. The Balaban J connectivity index is 1.87. The van der Waals surface area contributed by atoms with Crippen LogP contribution in [0.2, 0.25) is 0 Å². The van der Waals surface area contributed by atoms with Gasteiger partial charge in [0.25, 0.3) is 5.91 Å². The summed E-state index contributed by atoms with van der Waals surface area (Å²) in [5.74, 6) is -0.0921. The minimum absolute atomic E-state index is 0.0921. The number of rotatable bonds is 5. The molecular weight excluding hydrogens is 316 g/mol. The Morgan fingerprint density at radius 1 is 1.25 bits per heavy atom. The van der Waals surface area contributed by atoms with E-state index in [0.717, 1.165) is 12.8 Å². The van der Waals surface area contributed by atoms with E-state index in [2.05, 4.69) is 38.4 Å². The SMILES string of the molecule is CC(CCc1ccccc1)NC(=O)c1cccnc1Br. The molecule has 0 aliphatic heterocycles. The first-order valence-corrected chi connectivity index (χ1v) is 7.41. The van der Waals surface area contributed by atoms with Crippen LogP contribution in [0.25, 0.3) is 0 Å². The van der Waals surface area contributed by atoms with Gasteiger partial charge in [0.2, 0.25) is 0 Å². The molecule has 0 saturated heterocycles. The van der Waals surface area contributed by atoms with Gasteiger partial charge in [-0.1, -0.05) is 30.3 Å². The van der Waals surface area contributed by atoms with Crippen molar-refractivity contribution in [2.75, 3.05) is 0 Å². The number of nitrogens with one attached hydrogen (secondary N) is 1. The van der Waals surface area contributed by atoms with Crippen molar-refractivity contribution >= 4 is 21.8 Å². The summed E-state index contributed by atoms with van der Waals surface area (Å²) >= 11 is 3.29. The summed E-state index contributed by atoms with van der Waals surface area (Å²) in [4.78, 5) is 16.2. The first-order valence-electron chi connectivity index (χ1n) is 6.62. The lowest BCUT2D eigenvalue weighted by Gasteiger charge is -2.14. The van der Waals surface area contributed by atoms with Crippen molar-refractivity contribution in [2.24, 2.45) is 0 Å². The molecule has 1 aromatic heterocycles. The number of carbonyl (C=O) groups excluding carboxylic acids is 1. The van der Waals surface area contributed by atoms with Crippen LogP contribution in [0.5, 0.6) is 0 Å². The molecule has 1 atom stereocenters. The molecule has 1 heterocycles. The van der Waals surface area contributed by atoms with Crippen LogP contribution >= 0.6 is 15.9 Å². The lowest BCUT2D eigenvalue weighted by molar-refractivity contribution is 0.0937. The van der Waals surface area contributed by atoms with E-state index >= 15 is 0 Å². The van der Waals surface area contributed by atoms with Crippen molar-refractivity contribution in [1.29, 1.82) is 0 Å². The molecule has 4 heteroatoms. The van der Waals surface area contributed by atoms with E-state index in [9.17, 15) is 4.79 Å². The molecule has 1 unspecified atom stereocenters. The number of carbonyl (C=O) groups is 1. The second-order valence-electron chi connectivity index (χ2n) is 4.74. The lowest BCUT2D eigenvalue weighted by atomic mass is 10.1. The summed E-state index contributed by atoms with van der Waals surface area (Å²) in [5.41, 5.74) is 1.86. The molecule has 0 aliphatic rings. The van der Waals surface area contributed by atoms with Gasteiger partial charge in [-0.15, -0.1) is 0 Å². The molecule has 0 bridgehead atoms. The molecule has 0 radical (unpaired) electrons. The maximum atomic E-state index is 12.1. The number of amides is 1. The molecule has 2 rings (SSSR count). The Kier molecular flexibility index (Phi) is 5.30. The van der Waals surface area contributed by atoms with Gasteiger partial charge >= 0.3 is 0 Å². The van der Waals surface area contributed by atoms with Gasteiger partial charge in [-0.25, -0.2) is 4.98 Å². The number of benzene rings is 1. The van der Waals surface area contributed by atoms with Gasteiger partial charge in [-0.2, -0.15) is 0 Å². The number of hydrogen-bond acceptors (Lipinski definition) is 2. The van der Waals surface area contributed by atoms with Gasteiger partial charge in [0, 0.05) is 12.2 Å². The summed E-state index contributed by atoms with van der Waals surface area (Å²) in [6.07, 6.45) is 3.52. The molecule has 0 spiro atoms. The van der Waals surface area contributed by atoms with Crippen molar-refractivity contribution in [3.05, 3.63) is 64.4 Å². The predicted octanol–water partition coefficient (Wildman–Crippen LogP) is 3.60. The van der Waals surface area contributed by atoms with E-state index in [0.29, 0.717) is 10.2 Å². The number of hydrogen-bond donors (Lipinski definition) is 1. The van der Waals surface area contributed by atoms with E-state index in [1.807, 2.05) is 25.1 Å². The highest BCUT2D eigenvalue weighted by Gasteiger charge is 2.12. The maximum absolute atomic E-state index is 12.1. The summed E-state index contributed by atoms with van der Waals surface area (Å²) in [5, 5.41) is 3.00. The highest BCUT2D eigenvalue weighted by molar-refractivity contribution is 9.10. The van der Waals surface area contributed by atoms with Crippen LogP contribution in [0.3, 0.4) is 0 Å². The van der Waals surface area contributed by atoms with Crippen LogP contribution in [0.15, 0.2) is 53.3 Å². The van der Waals surface area contributed by atoms with Crippen molar-refractivity contribution in [3.8, 4) is 0 Å². The third kappa shape index (κ3) is 4.17. The number of halogens is 1. The molecule has 0 fully saturated rings. The molecule has 104 valence electrons. The molecule has 0 saturated carbocycles. The minimum atomic E-state index is -0.0921. The van der Waals surface area contributed by atoms with Crippen molar-refractivity contribution < 1.29 is 4.79 Å². The number of aryl methyl sites for hydroxylation is 1. The summed E-state index contributed by atoms with van der Waals surface area (Å²) in [7, 11) is 0. The van der Waals surface area contributed by atoms with E-state index in [4.69, 9.17) is 0 Å². The Morgan fingerprint density at radius 2 is 2.00 bits per heavy atom. The zero-order chi connectivity index (χ0) is 14.4. The fourth-order valence-electron chi connectivity index (χ4n) is 1.96. The second kappa shape index (κ2) is 7.20. The van der Waals surface area contributed by atoms with Crippen LogP contribution < -0.4 is 5.32 Å². The fourth-order valence-corrected chi connectivity index (χ4v) is 2.39. The van der Waals surface area contributed by atoms with E-state index < -0.39 is 0 Å². The van der Waals surface area contributed by atoms with Crippen molar-refractivity contribution in [1.82, 2.24) is 10.3 Å². The molecule has 1 amide bonds. The average molecular weight is 333 g/mol. The normalized spacial score (nSPS) is 11.9. The summed E-state index contributed by atoms with van der Waals surface area (Å²) in [6.45, 7) is 2.02. The van der Waals surface area contributed by atoms with Crippen LogP contribution in [0.4, 0.5) is 0 Å². The number of aromatic nitrogens is 1. The van der Waals surface area contributed by atoms with Crippen molar-refractivity contribution in [2.45, 2.75) is 25.8 Å². The molecule has 0 aliphatic carbocycles. The van der Waals surface area contributed by atoms with Gasteiger partial charge in [0.15, 0.2) is 0 Å². The van der Waals surface area contributed by atoms with Crippen LogP contribution in [0.1, 0.15) is 29.3 Å². The topological polar surface area (TPSA) is 42.0 Å². The zero-order valence-corrected chi connectivity index (χ0v) is 12.9. The molecule has 20 heavy (non-hydrogen) atoms. The van der Waals surface area contributed by atoms with E-state index in [1.165, 1.54) is 5.56 Å². The molecular formula is C16H17BrN2O. The summed E-state index contributed by atoms with van der Waals surface area (Å²) < 4.78 is 0.577. The van der Waals surface area contributed by atoms with E-state index in [-0.39, 0.29) is 11.9 Å². The maximum Gasteiger partial charge on any atom is 0.254 e. The first-order chi connectivity index (χ1) is 9.66. The zero-order valence-electron chi connectivity index (χ0n) is 11.3. The van der Waals surface area contributed by atoms with Crippen LogP contribution in [-0.4, -0.2) is 16.9 Å². The Morgan fingerprint density at radius 3 is 2.70 bits per heavy atom. The quantitative estimate of drug-likeness (QED) is 0.850. The van der Waals surface area contributed by atoms with Crippen molar-refractivity contribution in [3.63, 3.8) is 0 Å². The average Bonchev–Trinajstić information content (AvgIpc) is 2.46. The highest BCUT2D eigenvalue weighted by atomic mass is 79.9. The molecule has 1 N–H and O–H groups in total. The first kappa shape index (κ1) is 14.7. The van der Waals surface area contributed by atoms with E-state index in [1.54, 1.807) is 18.3 Å². The van der Waals surface area contributed by atoms with Crippen LogP contribution in [-0.2, 0) is 6.42 Å². The summed E-state index contributed by atoms with van der Waals surface area (Å²) in [6, 6.07) is 13.9. The van der Waals surface area contributed by atoms with Crippen LogP contribution in [0, 0.1) is 0 Å². The number of nitrogens with zero attached hydrogens (tertiary/aromatic N) is 1. The third-order valence-electron chi connectivity index (χ3n) is 3.09. The molecule has 3 nitrogen and oxygen atoms in total. The van der Waals surface area contributed by atoms with Gasteiger partial charge < -0.3 is 5.32 Å². The van der Waals surface area contributed by atoms with Gasteiger partial charge in [0.1, 0.15) is 4.60 Å². The lowest BCUT2D eigenvalue weighted by Crippen LogP contribution is -2.33. The number of pyridine rings is 1. The predicted molar refractivity (Wildman–Crippen MR) is 83.6 cm³/mol. The second-order valence-corrected chi connectivity index (χ2v) is 5.49. The fraction of sp³-hybridized carbons (Fsp3) is 0.250. The van der Waals surface area contributed by atoms with Gasteiger partial charge in [-0.05, 0) is 53.4 Å². The smallest absolute Gasteiger partial charge is 0.254 e. The largest absolute Gasteiger partial charge is 0.349 e. The Hall–Kier alpha value is -1.68.